The lowest BCUT2D eigenvalue weighted by Crippen LogP contribution is -2.09. The minimum atomic E-state index is 0.668. The van der Waals surface area contributed by atoms with Gasteiger partial charge in [-0.1, -0.05) is 17.7 Å². The highest BCUT2D eigenvalue weighted by atomic mass is 16.5. The number of rotatable bonds is 4. The highest BCUT2D eigenvalue weighted by Crippen LogP contribution is 2.18. The van der Waals surface area contributed by atoms with Crippen LogP contribution < -0.4 is 4.74 Å². The minimum Gasteiger partial charge on any atom is -0.491 e. The van der Waals surface area contributed by atoms with Gasteiger partial charge in [-0.25, -0.2) is 4.98 Å². The average molecular weight is 230 g/mol. The largest absolute Gasteiger partial charge is 0.491 e. The van der Waals surface area contributed by atoms with Gasteiger partial charge < -0.3 is 9.30 Å². The number of hydrogen-bond donors (Lipinski definition) is 0. The van der Waals surface area contributed by atoms with E-state index in [-0.39, 0.29) is 0 Å². The summed E-state index contributed by atoms with van der Waals surface area (Å²) in [6, 6.07) is 6.24. The molecule has 0 saturated carbocycles. The van der Waals surface area contributed by atoms with Gasteiger partial charge in [-0.05, 0) is 32.4 Å². The van der Waals surface area contributed by atoms with Crippen LogP contribution >= 0.6 is 0 Å². The van der Waals surface area contributed by atoms with Crippen LogP contribution in [0, 0.1) is 20.8 Å². The van der Waals surface area contributed by atoms with E-state index < -0.39 is 0 Å². The van der Waals surface area contributed by atoms with Gasteiger partial charge in [0, 0.05) is 12.4 Å². The molecule has 0 aliphatic heterocycles. The van der Waals surface area contributed by atoms with Gasteiger partial charge in [0.1, 0.15) is 18.2 Å². The molecular formula is C14H18N2O. The highest BCUT2D eigenvalue weighted by Gasteiger charge is 2.00. The van der Waals surface area contributed by atoms with Crippen LogP contribution in [0.25, 0.3) is 0 Å². The van der Waals surface area contributed by atoms with Crippen molar-refractivity contribution in [1.29, 1.82) is 0 Å². The lowest BCUT2D eigenvalue weighted by atomic mass is 10.1. The van der Waals surface area contributed by atoms with E-state index in [9.17, 15) is 0 Å². The fourth-order valence-corrected chi connectivity index (χ4v) is 1.86. The van der Waals surface area contributed by atoms with Gasteiger partial charge in [0.25, 0.3) is 0 Å². The van der Waals surface area contributed by atoms with Crippen LogP contribution in [0.3, 0.4) is 0 Å². The summed E-state index contributed by atoms with van der Waals surface area (Å²) < 4.78 is 7.86. The van der Waals surface area contributed by atoms with E-state index in [1.807, 2.05) is 25.4 Å². The molecule has 3 heteroatoms. The van der Waals surface area contributed by atoms with Crippen molar-refractivity contribution in [2.75, 3.05) is 6.61 Å². The van der Waals surface area contributed by atoms with Gasteiger partial charge >= 0.3 is 0 Å². The Labute approximate surface area is 102 Å². The topological polar surface area (TPSA) is 27.1 Å². The minimum absolute atomic E-state index is 0.668. The number of ether oxygens (including phenoxy) is 1. The van der Waals surface area contributed by atoms with Crippen molar-refractivity contribution in [3.8, 4) is 5.75 Å². The molecule has 3 nitrogen and oxygen atoms in total. The third-order valence-corrected chi connectivity index (χ3v) is 2.84. The molecule has 0 aliphatic rings. The van der Waals surface area contributed by atoms with Crippen molar-refractivity contribution >= 4 is 0 Å². The lowest BCUT2D eigenvalue weighted by Gasteiger charge is -2.10. The Bertz CT molecular complexity index is 503. The molecule has 1 heterocycles. The summed E-state index contributed by atoms with van der Waals surface area (Å²) in [6.45, 7) is 7.66. The third kappa shape index (κ3) is 2.87. The standard InChI is InChI=1S/C14H18N2O/c1-11-4-5-14(12(2)10-11)17-9-8-16-7-6-15-13(16)3/h4-7,10H,8-9H2,1-3H3. The summed E-state index contributed by atoms with van der Waals surface area (Å²) in [7, 11) is 0. The molecule has 1 aromatic carbocycles. The summed E-state index contributed by atoms with van der Waals surface area (Å²) in [5, 5.41) is 0. The van der Waals surface area contributed by atoms with Crippen LogP contribution in [0.5, 0.6) is 5.75 Å². The van der Waals surface area contributed by atoms with E-state index >= 15 is 0 Å². The maximum atomic E-state index is 5.77. The SMILES string of the molecule is Cc1ccc(OCCn2ccnc2C)c(C)c1. The molecule has 90 valence electrons. The molecule has 0 spiro atoms. The zero-order chi connectivity index (χ0) is 12.3. The first kappa shape index (κ1) is 11.7. The zero-order valence-corrected chi connectivity index (χ0v) is 10.6. The Hall–Kier alpha value is -1.77. The first-order valence-electron chi connectivity index (χ1n) is 5.84. The van der Waals surface area contributed by atoms with Crippen LogP contribution in [0.2, 0.25) is 0 Å². The Kier molecular flexibility index (Phi) is 3.47. The molecule has 0 atom stereocenters. The van der Waals surface area contributed by atoms with Crippen LogP contribution in [0.15, 0.2) is 30.6 Å². The molecule has 0 aliphatic carbocycles. The second kappa shape index (κ2) is 5.04. The molecule has 0 bridgehead atoms. The first-order chi connectivity index (χ1) is 8.16. The Morgan fingerprint density at radius 1 is 1.24 bits per heavy atom. The van der Waals surface area contributed by atoms with Gasteiger partial charge in [0.2, 0.25) is 0 Å². The molecule has 0 fully saturated rings. The summed E-state index contributed by atoms with van der Waals surface area (Å²) in [6.07, 6.45) is 3.78. The predicted molar refractivity (Wildman–Crippen MR) is 68.4 cm³/mol. The van der Waals surface area contributed by atoms with E-state index in [0.29, 0.717) is 6.61 Å². The van der Waals surface area contributed by atoms with Crippen molar-refractivity contribution in [1.82, 2.24) is 9.55 Å². The van der Waals surface area contributed by atoms with Crippen molar-refractivity contribution < 1.29 is 4.74 Å². The molecule has 0 radical (unpaired) electrons. The quantitative estimate of drug-likeness (QED) is 0.807. The summed E-state index contributed by atoms with van der Waals surface area (Å²) in [5.74, 6) is 1.99. The molecular weight excluding hydrogens is 212 g/mol. The molecule has 2 aromatic rings. The van der Waals surface area contributed by atoms with E-state index in [4.69, 9.17) is 4.74 Å². The summed E-state index contributed by atoms with van der Waals surface area (Å²) in [5.41, 5.74) is 2.45. The van der Waals surface area contributed by atoms with Gasteiger partial charge in [-0.2, -0.15) is 0 Å². The fourth-order valence-electron chi connectivity index (χ4n) is 1.86. The van der Waals surface area contributed by atoms with Gasteiger partial charge in [-0.15, -0.1) is 0 Å². The van der Waals surface area contributed by atoms with Crippen LogP contribution in [0.1, 0.15) is 17.0 Å². The van der Waals surface area contributed by atoms with Crippen molar-refractivity contribution in [2.45, 2.75) is 27.3 Å². The molecule has 0 unspecified atom stereocenters. The average Bonchev–Trinajstić information content (AvgIpc) is 2.68. The number of aromatic nitrogens is 2. The maximum Gasteiger partial charge on any atom is 0.122 e. The van der Waals surface area contributed by atoms with E-state index in [0.717, 1.165) is 18.1 Å². The van der Waals surface area contributed by atoms with Gasteiger partial charge in [0.05, 0.1) is 6.54 Å². The first-order valence-corrected chi connectivity index (χ1v) is 5.84. The lowest BCUT2D eigenvalue weighted by molar-refractivity contribution is 0.295. The second-order valence-electron chi connectivity index (χ2n) is 4.29. The molecule has 0 saturated heterocycles. The highest BCUT2D eigenvalue weighted by molar-refractivity contribution is 5.35. The molecule has 0 N–H and O–H groups in total. The van der Waals surface area contributed by atoms with Gasteiger partial charge in [-0.3, -0.25) is 0 Å². The summed E-state index contributed by atoms with van der Waals surface area (Å²) in [4.78, 5) is 4.18. The molecule has 1 aromatic heterocycles. The zero-order valence-electron chi connectivity index (χ0n) is 10.6. The number of benzene rings is 1. The number of hydrogen-bond acceptors (Lipinski definition) is 2. The number of aryl methyl sites for hydroxylation is 3. The number of nitrogens with zero attached hydrogens (tertiary/aromatic N) is 2. The number of imidazole rings is 1. The fraction of sp³-hybridized carbons (Fsp3) is 0.357. The molecule has 2 rings (SSSR count). The van der Waals surface area contributed by atoms with E-state index in [1.165, 1.54) is 11.1 Å². The third-order valence-electron chi connectivity index (χ3n) is 2.84. The van der Waals surface area contributed by atoms with Crippen LogP contribution in [0.4, 0.5) is 0 Å². The molecule has 17 heavy (non-hydrogen) atoms. The Morgan fingerprint density at radius 3 is 2.71 bits per heavy atom. The summed E-state index contributed by atoms with van der Waals surface area (Å²) >= 11 is 0. The van der Waals surface area contributed by atoms with Crippen molar-refractivity contribution in [3.05, 3.63) is 47.5 Å². The predicted octanol–water partition coefficient (Wildman–Crippen LogP) is 2.89. The Balaban J connectivity index is 1.92. The maximum absolute atomic E-state index is 5.77. The normalized spacial score (nSPS) is 10.5. The molecule has 0 amide bonds. The monoisotopic (exact) mass is 230 g/mol. The van der Waals surface area contributed by atoms with Crippen LogP contribution in [-0.2, 0) is 6.54 Å². The second-order valence-corrected chi connectivity index (χ2v) is 4.29. The van der Waals surface area contributed by atoms with Crippen molar-refractivity contribution in [3.63, 3.8) is 0 Å². The Morgan fingerprint density at radius 2 is 2.06 bits per heavy atom. The van der Waals surface area contributed by atoms with Crippen LogP contribution in [-0.4, -0.2) is 16.2 Å². The smallest absolute Gasteiger partial charge is 0.122 e. The van der Waals surface area contributed by atoms with Crippen molar-refractivity contribution in [2.24, 2.45) is 0 Å². The van der Waals surface area contributed by atoms with E-state index in [2.05, 4.69) is 35.5 Å². The van der Waals surface area contributed by atoms with E-state index in [1.54, 1.807) is 0 Å². The van der Waals surface area contributed by atoms with Gasteiger partial charge in [0.15, 0.2) is 0 Å².